The fourth-order valence-electron chi connectivity index (χ4n) is 4.32. The number of likely N-dealkylation sites (N-methyl/N-ethyl adjacent to an activating group) is 1. The highest BCUT2D eigenvalue weighted by atomic mass is 35.5. The number of carboxylic acid groups (broad SMARTS) is 1. The van der Waals surface area contributed by atoms with Gasteiger partial charge in [0.15, 0.2) is 0 Å². The van der Waals surface area contributed by atoms with E-state index in [2.05, 4.69) is 6.92 Å². The first kappa shape index (κ1) is 26.7. The van der Waals surface area contributed by atoms with Gasteiger partial charge in [-0.2, -0.15) is 0 Å². The van der Waals surface area contributed by atoms with Crippen molar-refractivity contribution in [2.24, 2.45) is 0 Å². The van der Waals surface area contributed by atoms with Gasteiger partial charge in [-0.1, -0.05) is 44.7 Å². The summed E-state index contributed by atoms with van der Waals surface area (Å²) in [5, 5.41) is 10.7. The van der Waals surface area contributed by atoms with Gasteiger partial charge in [0.1, 0.15) is 17.7 Å². The molecule has 0 saturated carbocycles. The molecule has 1 N–H and O–H groups in total. The molecule has 33 heavy (non-hydrogen) atoms. The summed E-state index contributed by atoms with van der Waals surface area (Å²) in [6.07, 6.45) is 4.34. The highest BCUT2D eigenvalue weighted by molar-refractivity contribution is 5.85. The number of esters is 1. The number of fused-ring (bicyclic) bond motifs is 1. The molecule has 1 amide bonds. The number of rotatable bonds is 9. The van der Waals surface area contributed by atoms with Crippen LogP contribution in [0.15, 0.2) is 39.5 Å². The Labute approximate surface area is 199 Å². The van der Waals surface area contributed by atoms with Crippen LogP contribution in [-0.2, 0) is 15.1 Å². The average Bonchev–Trinajstić information content (AvgIpc) is 2.76. The minimum atomic E-state index is -1.10. The van der Waals surface area contributed by atoms with E-state index >= 15 is 0 Å². The van der Waals surface area contributed by atoms with Gasteiger partial charge in [-0.15, -0.1) is 12.4 Å². The van der Waals surface area contributed by atoms with E-state index in [0.717, 1.165) is 37.5 Å². The van der Waals surface area contributed by atoms with Crippen LogP contribution in [0.5, 0.6) is 0 Å². The largest absolute Gasteiger partial charge is 0.465 e. The summed E-state index contributed by atoms with van der Waals surface area (Å²) < 4.78 is 11.0. The summed E-state index contributed by atoms with van der Waals surface area (Å²) in [6, 6.07) is 8.30. The third-order valence-corrected chi connectivity index (χ3v) is 6.10. The number of unbranched alkanes of at least 4 members (excludes halogenated alkanes) is 4. The van der Waals surface area contributed by atoms with Crippen molar-refractivity contribution >= 4 is 35.4 Å². The Hall–Kier alpha value is -2.58. The lowest BCUT2D eigenvalue weighted by Crippen LogP contribution is -2.63. The lowest BCUT2D eigenvalue weighted by Gasteiger charge is -2.48. The molecule has 0 aliphatic carbocycles. The summed E-state index contributed by atoms with van der Waals surface area (Å²) >= 11 is 0. The zero-order valence-electron chi connectivity index (χ0n) is 19.2. The van der Waals surface area contributed by atoms with Crippen molar-refractivity contribution in [2.45, 2.75) is 51.0 Å². The Morgan fingerprint density at radius 1 is 1.12 bits per heavy atom. The molecule has 2 aromatic rings. The van der Waals surface area contributed by atoms with E-state index < -0.39 is 17.3 Å². The molecule has 9 heteroatoms. The Kier molecular flexibility index (Phi) is 9.73. The maximum Gasteiger partial charge on any atom is 0.408 e. The molecule has 1 atom stereocenters. The van der Waals surface area contributed by atoms with Gasteiger partial charge in [-0.3, -0.25) is 9.69 Å². The quantitative estimate of drug-likeness (QED) is 0.325. The third kappa shape index (κ3) is 6.48. The maximum absolute atomic E-state index is 12.4. The molecule has 1 aliphatic rings. The van der Waals surface area contributed by atoms with Gasteiger partial charge in [-0.05, 0) is 31.2 Å². The van der Waals surface area contributed by atoms with Crippen molar-refractivity contribution in [1.29, 1.82) is 0 Å². The van der Waals surface area contributed by atoms with Crippen LogP contribution >= 0.6 is 12.4 Å². The molecular formula is C24H33ClN2O6. The minimum Gasteiger partial charge on any atom is -0.465 e. The second-order valence-electron chi connectivity index (χ2n) is 8.54. The number of ether oxygens (including phenoxy) is 1. The topological polar surface area (TPSA) is 100 Å². The molecule has 8 nitrogen and oxygen atoms in total. The van der Waals surface area contributed by atoms with Gasteiger partial charge in [0.2, 0.25) is 0 Å². The van der Waals surface area contributed by atoms with Crippen molar-refractivity contribution < 1.29 is 23.8 Å². The minimum absolute atomic E-state index is 0. The first-order valence-corrected chi connectivity index (χ1v) is 11.2. The normalized spacial score (nSPS) is 18.7. The van der Waals surface area contributed by atoms with E-state index in [1.54, 1.807) is 18.2 Å². The van der Waals surface area contributed by atoms with Gasteiger partial charge in [0.05, 0.1) is 0 Å². The zero-order chi connectivity index (χ0) is 23.1. The van der Waals surface area contributed by atoms with Crippen molar-refractivity contribution in [3.05, 3.63) is 46.3 Å². The number of halogens is 1. The molecule has 1 aromatic heterocycles. The molecule has 0 spiro atoms. The second-order valence-corrected chi connectivity index (χ2v) is 8.54. The van der Waals surface area contributed by atoms with Crippen LogP contribution in [0.3, 0.4) is 0 Å². The number of benzene rings is 1. The predicted octanol–water partition coefficient (Wildman–Crippen LogP) is 4.24. The zero-order valence-corrected chi connectivity index (χ0v) is 20.1. The molecule has 3 rings (SSSR count). The summed E-state index contributed by atoms with van der Waals surface area (Å²) in [5.74, 6) is -0.327. The highest BCUT2D eigenvalue weighted by Gasteiger charge is 2.46. The molecule has 1 aliphatic heterocycles. The summed E-state index contributed by atoms with van der Waals surface area (Å²) in [5.41, 5.74) is -0.576. The number of carbonyl (C=O) groups excluding carboxylic acids is 1. The van der Waals surface area contributed by atoms with Gasteiger partial charge >= 0.3 is 17.7 Å². The number of hydrogen-bond acceptors (Lipinski definition) is 6. The van der Waals surface area contributed by atoms with Crippen molar-refractivity contribution in [3.8, 4) is 0 Å². The van der Waals surface area contributed by atoms with E-state index in [1.807, 2.05) is 18.0 Å². The molecule has 0 bridgehead atoms. The van der Waals surface area contributed by atoms with Crippen LogP contribution in [0.1, 0.15) is 51.0 Å². The van der Waals surface area contributed by atoms with Crippen LogP contribution in [0.2, 0.25) is 0 Å². The maximum atomic E-state index is 12.4. The Morgan fingerprint density at radius 2 is 1.85 bits per heavy atom. The standard InChI is InChI=1S/C24H32N2O6.ClH/c1-3-4-5-6-7-8-21(27)31-17-24(16-25(2)13-14-26(24)23(29)30)19-11-9-18-10-12-22(28)32-20(18)15-19;/h9-12,15H,3-8,13-14,16-17H2,1-2H3,(H,29,30);1H. The first-order valence-electron chi connectivity index (χ1n) is 11.2. The molecule has 182 valence electrons. The second kappa shape index (κ2) is 12.0. The SMILES string of the molecule is CCCCCCCC(=O)OCC1(c2ccc3ccc(=O)oc3c2)CN(C)CCN1C(=O)O.Cl. The summed E-state index contributed by atoms with van der Waals surface area (Å²) in [6.45, 7) is 3.24. The van der Waals surface area contributed by atoms with Crippen LogP contribution in [0.4, 0.5) is 4.79 Å². The number of amides is 1. The first-order chi connectivity index (χ1) is 15.4. The van der Waals surface area contributed by atoms with Gasteiger partial charge < -0.3 is 19.2 Å². The molecule has 1 unspecified atom stereocenters. The van der Waals surface area contributed by atoms with Gasteiger partial charge in [0.25, 0.3) is 0 Å². The lowest BCUT2D eigenvalue weighted by atomic mass is 9.86. The van der Waals surface area contributed by atoms with E-state index in [-0.39, 0.29) is 31.5 Å². The van der Waals surface area contributed by atoms with E-state index in [0.29, 0.717) is 30.7 Å². The summed E-state index contributed by atoms with van der Waals surface area (Å²) in [4.78, 5) is 39.7. The number of hydrogen-bond donors (Lipinski definition) is 1. The van der Waals surface area contributed by atoms with Crippen LogP contribution < -0.4 is 5.63 Å². The average molecular weight is 481 g/mol. The molecule has 1 saturated heterocycles. The monoisotopic (exact) mass is 480 g/mol. The lowest BCUT2D eigenvalue weighted by molar-refractivity contribution is -0.150. The Bertz CT molecular complexity index is 1010. The number of piperazine rings is 1. The fourth-order valence-corrected chi connectivity index (χ4v) is 4.32. The molecule has 1 aromatic carbocycles. The number of nitrogens with zero attached hydrogens (tertiary/aromatic N) is 2. The molecule has 0 radical (unpaired) electrons. The summed E-state index contributed by atoms with van der Waals surface area (Å²) in [7, 11) is 1.91. The van der Waals surface area contributed by atoms with Crippen LogP contribution in [-0.4, -0.2) is 60.3 Å². The van der Waals surface area contributed by atoms with Crippen molar-refractivity contribution in [3.63, 3.8) is 0 Å². The van der Waals surface area contributed by atoms with Gasteiger partial charge in [0, 0.05) is 37.5 Å². The third-order valence-electron chi connectivity index (χ3n) is 6.10. The highest BCUT2D eigenvalue weighted by Crippen LogP contribution is 2.35. The van der Waals surface area contributed by atoms with E-state index in [1.165, 1.54) is 11.0 Å². The van der Waals surface area contributed by atoms with Crippen LogP contribution in [0, 0.1) is 0 Å². The molecule has 2 heterocycles. The predicted molar refractivity (Wildman–Crippen MR) is 128 cm³/mol. The fraction of sp³-hybridized carbons (Fsp3) is 0.542. The van der Waals surface area contributed by atoms with E-state index in [4.69, 9.17) is 9.15 Å². The number of carbonyl (C=O) groups is 2. The smallest absolute Gasteiger partial charge is 0.408 e. The van der Waals surface area contributed by atoms with Crippen molar-refractivity contribution in [1.82, 2.24) is 9.80 Å². The van der Waals surface area contributed by atoms with Gasteiger partial charge in [-0.25, -0.2) is 9.59 Å². The Balaban J connectivity index is 0.00000385. The Morgan fingerprint density at radius 3 is 2.58 bits per heavy atom. The molecular weight excluding hydrogens is 448 g/mol. The van der Waals surface area contributed by atoms with Crippen LogP contribution in [0.25, 0.3) is 11.0 Å². The molecule has 1 fully saturated rings. The van der Waals surface area contributed by atoms with E-state index in [9.17, 15) is 19.5 Å². The van der Waals surface area contributed by atoms with Crippen molar-refractivity contribution in [2.75, 3.05) is 33.3 Å².